The van der Waals surface area contributed by atoms with Crippen LogP contribution in [0, 0.1) is 5.92 Å². The molecule has 19 heavy (non-hydrogen) atoms. The fourth-order valence-electron chi connectivity index (χ4n) is 1.92. The molecule has 0 aliphatic rings. The molecule has 1 rings (SSSR count). The minimum absolute atomic E-state index is 0.182. The molecular weight excluding hydrogens is 257 g/mol. The van der Waals surface area contributed by atoms with E-state index in [0.717, 1.165) is 12.5 Å². The van der Waals surface area contributed by atoms with Gasteiger partial charge in [-0.25, -0.2) is 0 Å². The van der Waals surface area contributed by atoms with Crippen LogP contribution >= 0.6 is 0 Å². The summed E-state index contributed by atoms with van der Waals surface area (Å²) >= 11 is 0. The highest BCUT2D eigenvalue weighted by molar-refractivity contribution is 5.76. The Morgan fingerprint density at radius 3 is 1.79 bits per heavy atom. The van der Waals surface area contributed by atoms with Crippen LogP contribution in [0.3, 0.4) is 0 Å². The Labute approximate surface area is 110 Å². The predicted molar refractivity (Wildman–Crippen MR) is 66.1 cm³/mol. The maximum absolute atomic E-state index is 12.7. The van der Waals surface area contributed by atoms with E-state index in [1.54, 1.807) is 12.1 Å². The summed E-state index contributed by atoms with van der Waals surface area (Å²) in [4.78, 5) is 11.1. The van der Waals surface area contributed by atoms with Crippen LogP contribution in [0.25, 0.3) is 0 Å². The second-order valence-corrected chi connectivity index (χ2v) is 4.97. The minimum atomic E-state index is -4.53. The maximum atomic E-state index is 12.7. The van der Waals surface area contributed by atoms with E-state index < -0.39 is 24.0 Å². The summed E-state index contributed by atoms with van der Waals surface area (Å²) in [6, 6.07) is 6.30. The van der Waals surface area contributed by atoms with Crippen molar-refractivity contribution in [2.24, 2.45) is 5.92 Å². The van der Waals surface area contributed by atoms with E-state index in [1.165, 1.54) is 12.1 Å². The third-order valence-electron chi connectivity index (χ3n) is 3.24. The van der Waals surface area contributed by atoms with E-state index in [9.17, 15) is 18.0 Å². The number of carboxylic acids is 1. The van der Waals surface area contributed by atoms with Gasteiger partial charge in [-0.1, -0.05) is 45.0 Å². The second kappa shape index (κ2) is 5.63. The summed E-state index contributed by atoms with van der Waals surface area (Å²) < 4.78 is 38.1. The van der Waals surface area contributed by atoms with E-state index in [0.29, 0.717) is 0 Å². The molecule has 0 saturated carbocycles. The van der Waals surface area contributed by atoms with Crippen molar-refractivity contribution >= 4 is 5.97 Å². The third kappa shape index (κ3) is 3.72. The zero-order chi connectivity index (χ0) is 14.8. The molecule has 0 amide bonds. The highest BCUT2D eigenvalue weighted by Gasteiger charge is 2.44. The number of hydrogen-bond donors (Lipinski definition) is 1. The SMILES string of the molecule is CC(C)c1ccc(C(C(=O)O)[C@@H](C)C(F)(F)F)cc1. The standard InChI is InChI=1S/C14H17F3O2/c1-8(2)10-4-6-11(7-5-10)12(13(18)19)9(3)14(15,16)17/h4-9,12H,1-3H3,(H,18,19)/t9-,12?/m1/s1. The van der Waals surface area contributed by atoms with E-state index in [-0.39, 0.29) is 11.5 Å². The zero-order valence-corrected chi connectivity index (χ0v) is 11.0. The Morgan fingerprint density at radius 2 is 1.47 bits per heavy atom. The van der Waals surface area contributed by atoms with Gasteiger partial charge in [-0.15, -0.1) is 0 Å². The number of hydrogen-bond acceptors (Lipinski definition) is 1. The monoisotopic (exact) mass is 274 g/mol. The minimum Gasteiger partial charge on any atom is -0.481 e. The molecule has 0 radical (unpaired) electrons. The molecule has 0 bridgehead atoms. The first-order chi connectivity index (χ1) is 8.64. The molecule has 1 aromatic rings. The van der Waals surface area contributed by atoms with Crippen LogP contribution in [0.5, 0.6) is 0 Å². The number of rotatable bonds is 4. The van der Waals surface area contributed by atoms with Gasteiger partial charge in [-0.05, 0) is 17.0 Å². The molecule has 1 N–H and O–H groups in total. The van der Waals surface area contributed by atoms with Gasteiger partial charge in [0.25, 0.3) is 0 Å². The van der Waals surface area contributed by atoms with Crippen LogP contribution < -0.4 is 0 Å². The van der Waals surface area contributed by atoms with Crippen molar-refractivity contribution in [1.29, 1.82) is 0 Å². The Bertz CT molecular complexity index is 435. The van der Waals surface area contributed by atoms with Gasteiger partial charge in [0.15, 0.2) is 0 Å². The van der Waals surface area contributed by atoms with Gasteiger partial charge in [0.2, 0.25) is 0 Å². The van der Waals surface area contributed by atoms with Crippen LogP contribution in [0.4, 0.5) is 13.2 Å². The first-order valence-electron chi connectivity index (χ1n) is 6.04. The number of carboxylic acid groups (broad SMARTS) is 1. The van der Waals surface area contributed by atoms with Gasteiger partial charge in [0, 0.05) is 0 Å². The lowest BCUT2D eigenvalue weighted by Crippen LogP contribution is -2.31. The highest BCUT2D eigenvalue weighted by atomic mass is 19.4. The normalized spacial score (nSPS) is 15.3. The molecule has 0 aliphatic carbocycles. The zero-order valence-electron chi connectivity index (χ0n) is 11.0. The van der Waals surface area contributed by atoms with Crippen LogP contribution in [0.1, 0.15) is 43.7 Å². The maximum Gasteiger partial charge on any atom is 0.392 e. The van der Waals surface area contributed by atoms with Crippen molar-refractivity contribution in [3.63, 3.8) is 0 Å². The summed E-state index contributed by atoms with van der Waals surface area (Å²) in [6.45, 7) is 4.82. The fraction of sp³-hybridized carbons (Fsp3) is 0.500. The van der Waals surface area contributed by atoms with Gasteiger partial charge >= 0.3 is 12.1 Å². The van der Waals surface area contributed by atoms with Crippen LogP contribution in [0.15, 0.2) is 24.3 Å². The number of alkyl halides is 3. The van der Waals surface area contributed by atoms with Gasteiger partial charge in [-0.3, -0.25) is 4.79 Å². The average Bonchev–Trinajstić information content (AvgIpc) is 2.28. The third-order valence-corrected chi connectivity index (χ3v) is 3.24. The lowest BCUT2D eigenvalue weighted by molar-refractivity contribution is -0.183. The Balaban J connectivity index is 3.10. The average molecular weight is 274 g/mol. The summed E-state index contributed by atoms with van der Waals surface area (Å²) in [5.41, 5.74) is 1.15. The van der Waals surface area contributed by atoms with Crippen molar-refractivity contribution in [1.82, 2.24) is 0 Å². The van der Waals surface area contributed by atoms with E-state index >= 15 is 0 Å². The molecule has 0 aliphatic heterocycles. The Morgan fingerprint density at radius 1 is 1.05 bits per heavy atom. The molecular formula is C14H17F3O2. The number of aliphatic carboxylic acids is 1. The molecule has 1 unspecified atom stereocenters. The molecule has 5 heteroatoms. The molecule has 0 aromatic heterocycles. The van der Waals surface area contributed by atoms with E-state index in [1.807, 2.05) is 13.8 Å². The van der Waals surface area contributed by atoms with Gasteiger partial charge in [0.1, 0.15) is 0 Å². The summed E-state index contributed by atoms with van der Waals surface area (Å²) in [5.74, 6) is -4.70. The van der Waals surface area contributed by atoms with Crippen LogP contribution in [-0.4, -0.2) is 17.3 Å². The quantitative estimate of drug-likeness (QED) is 0.894. The summed E-state index contributed by atoms with van der Waals surface area (Å²) in [6.07, 6.45) is -4.53. The highest BCUT2D eigenvalue weighted by Crippen LogP contribution is 2.37. The van der Waals surface area contributed by atoms with E-state index in [4.69, 9.17) is 5.11 Å². The molecule has 2 atom stereocenters. The Hall–Kier alpha value is -1.52. The molecule has 0 fully saturated rings. The fourth-order valence-corrected chi connectivity index (χ4v) is 1.92. The van der Waals surface area contributed by atoms with Crippen molar-refractivity contribution in [2.75, 3.05) is 0 Å². The molecule has 1 aromatic carbocycles. The predicted octanol–water partition coefficient (Wildman–Crippen LogP) is 4.18. The van der Waals surface area contributed by atoms with Crippen LogP contribution in [-0.2, 0) is 4.79 Å². The van der Waals surface area contributed by atoms with E-state index in [2.05, 4.69) is 0 Å². The van der Waals surface area contributed by atoms with Crippen molar-refractivity contribution in [2.45, 2.75) is 38.8 Å². The van der Waals surface area contributed by atoms with Gasteiger partial charge in [-0.2, -0.15) is 13.2 Å². The summed E-state index contributed by atoms with van der Waals surface area (Å²) in [7, 11) is 0. The number of benzene rings is 1. The largest absolute Gasteiger partial charge is 0.481 e. The van der Waals surface area contributed by atoms with Crippen molar-refractivity contribution < 1.29 is 23.1 Å². The Kier molecular flexibility index (Phi) is 4.61. The van der Waals surface area contributed by atoms with Crippen molar-refractivity contribution in [3.05, 3.63) is 35.4 Å². The topological polar surface area (TPSA) is 37.3 Å². The van der Waals surface area contributed by atoms with Crippen LogP contribution in [0.2, 0.25) is 0 Å². The van der Waals surface area contributed by atoms with Gasteiger partial charge in [0.05, 0.1) is 11.8 Å². The molecule has 106 valence electrons. The number of carbonyl (C=O) groups is 1. The smallest absolute Gasteiger partial charge is 0.392 e. The number of halogens is 3. The first kappa shape index (κ1) is 15.5. The lowest BCUT2D eigenvalue weighted by Gasteiger charge is -2.23. The summed E-state index contributed by atoms with van der Waals surface area (Å²) in [5, 5.41) is 9.04. The molecule has 0 heterocycles. The molecule has 0 spiro atoms. The molecule has 2 nitrogen and oxygen atoms in total. The first-order valence-corrected chi connectivity index (χ1v) is 6.04. The lowest BCUT2D eigenvalue weighted by atomic mass is 9.86. The molecule has 0 saturated heterocycles. The van der Waals surface area contributed by atoms with Crippen molar-refractivity contribution in [3.8, 4) is 0 Å². The second-order valence-electron chi connectivity index (χ2n) is 4.97. The van der Waals surface area contributed by atoms with Gasteiger partial charge < -0.3 is 5.11 Å².